The van der Waals surface area contributed by atoms with Crippen LogP contribution in [0.1, 0.15) is 6.92 Å². The van der Waals surface area contributed by atoms with Crippen LogP contribution in [0, 0.1) is 0 Å². The van der Waals surface area contributed by atoms with Crippen molar-refractivity contribution in [2.45, 2.75) is 6.92 Å². The van der Waals surface area contributed by atoms with Crippen LogP contribution in [-0.4, -0.2) is 75.0 Å². The van der Waals surface area contributed by atoms with E-state index in [0.717, 1.165) is 0 Å². The van der Waals surface area contributed by atoms with E-state index in [1.807, 2.05) is 0 Å². The number of aromatic hydroxyl groups is 1. The number of ketones is 1. The minimum absolute atomic E-state index is 0. The Bertz CT molecular complexity index is 377. The molecule has 1 rings (SSSR count). The fourth-order valence-corrected chi connectivity index (χ4v) is 0.833. The van der Waals surface area contributed by atoms with Crippen LogP contribution >= 0.6 is 0 Å². The maximum atomic E-state index is 10.9. The molecule has 0 aromatic heterocycles. The summed E-state index contributed by atoms with van der Waals surface area (Å²) in [5.41, 5.74) is 0. The summed E-state index contributed by atoms with van der Waals surface area (Å²) in [7, 11) is 0. The Morgan fingerprint density at radius 3 is 2.62 bits per heavy atom. The Balaban J connectivity index is 0.00000225. The predicted octanol–water partition coefficient (Wildman–Crippen LogP) is 0.848. The van der Waals surface area contributed by atoms with Gasteiger partial charge in [0.1, 0.15) is 11.5 Å². The molecule has 0 aliphatic carbocycles. The van der Waals surface area contributed by atoms with Crippen molar-refractivity contribution in [2.24, 2.45) is 0 Å². The van der Waals surface area contributed by atoms with Gasteiger partial charge >= 0.3 is 57.5 Å². The molecule has 1 aromatic rings. The summed E-state index contributed by atoms with van der Waals surface area (Å²) in [5.74, 6) is -0.140. The summed E-state index contributed by atoms with van der Waals surface area (Å²) in [5, 5.41) is 9.06. The third-order valence-corrected chi connectivity index (χ3v) is 1.41. The summed E-state index contributed by atoms with van der Waals surface area (Å²) >= 11 is 0. The molecule has 0 aliphatic rings. The monoisotopic (exact) mass is 250 g/mol. The van der Waals surface area contributed by atoms with Crippen molar-refractivity contribution in [3.8, 4) is 11.5 Å². The van der Waals surface area contributed by atoms with E-state index in [0.29, 0.717) is 0 Å². The Labute approximate surface area is 135 Å². The van der Waals surface area contributed by atoms with Crippen LogP contribution in [0.4, 0.5) is 4.79 Å². The fourth-order valence-electron chi connectivity index (χ4n) is 0.833. The molecular weight excluding hydrogens is 239 g/mol. The molecule has 0 fully saturated rings. The number of carbonyl (C=O) groups excluding carboxylic acids is 2. The first-order valence-corrected chi connectivity index (χ1v) is 4.21. The second-order valence-electron chi connectivity index (χ2n) is 2.84. The molecule has 0 saturated carbocycles. The quantitative estimate of drug-likeness (QED) is 0.489. The van der Waals surface area contributed by atoms with Crippen molar-refractivity contribution in [1.82, 2.24) is 0 Å². The molecule has 0 aliphatic heterocycles. The molecule has 0 saturated heterocycles. The van der Waals surface area contributed by atoms with E-state index in [9.17, 15) is 9.59 Å². The van der Waals surface area contributed by atoms with Gasteiger partial charge in [-0.2, -0.15) is 0 Å². The first-order valence-electron chi connectivity index (χ1n) is 4.21. The van der Waals surface area contributed by atoms with E-state index in [1.165, 1.54) is 31.2 Å². The third kappa shape index (κ3) is 6.24. The summed E-state index contributed by atoms with van der Waals surface area (Å²) in [4.78, 5) is 21.4. The van der Waals surface area contributed by atoms with Gasteiger partial charge in [-0.3, -0.25) is 4.79 Å². The standard InChI is InChI=1S/C10H10O5.K.H/c1-7(11)6-14-10(13)15-9-4-2-3-8(12)5-9;;/h2-5,12H,6H2,1H3;;. The summed E-state index contributed by atoms with van der Waals surface area (Å²) in [6, 6.07) is 5.69. The number of ether oxygens (including phenoxy) is 2. The summed E-state index contributed by atoms with van der Waals surface area (Å²) in [6.45, 7) is 0.972. The van der Waals surface area contributed by atoms with Crippen molar-refractivity contribution >= 4 is 63.3 Å². The van der Waals surface area contributed by atoms with E-state index in [-0.39, 0.29) is 75.3 Å². The van der Waals surface area contributed by atoms with Crippen molar-refractivity contribution in [3.63, 3.8) is 0 Å². The second-order valence-corrected chi connectivity index (χ2v) is 2.84. The number of carbonyl (C=O) groups is 2. The average molecular weight is 250 g/mol. The van der Waals surface area contributed by atoms with Crippen LogP contribution in [-0.2, 0) is 9.53 Å². The molecule has 0 spiro atoms. The normalized spacial score (nSPS) is 8.81. The molecule has 0 amide bonds. The SMILES string of the molecule is CC(=O)COC(=O)Oc1cccc(O)c1.[KH]. The molecule has 82 valence electrons. The molecular formula is C10H11KO5. The topological polar surface area (TPSA) is 72.8 Å². The van der Waals surface area contributed by atoms with E-state index in [2.05, 4.69) is 9.47 Å². The van der Waals surface area contributed by atoms with Crippen LogP contribution in [0.25, 0.3) is 0 Å². The predicted molar refractivity (Wildman–Crippen MR) is 57.9 cm³/mol. The number of phenolic OH excluding ortho intramolecular Hbond substituents is 1. The number of hydrogen-bond donors (Lipinski definition) is 1. The Morgan fingerprint density at radius 1 is 1.38 bits per heavy atom. The number of phenols is 1. The van der Waals surface area contributed by atoms with Gasteiger partial charge in [0.2, 0.25) is 0 Å². The van der Waals surface area contributed by atoms with Gasteiger partial charge in [0.05, 0.1) is 0 Å². The maximum absolute atomic E-state index is 10.9. The van der Waals surface area contributed by atoms with Crippen LogP contribution in [0.15, 0.2) is 24.3 Å². The molecule has 1 aromatic carbocycles. The van der Waals surface area contributed by atoms with Gasteiger partial charge in [0, 0.05) is 6.07 Å². The molecule has 0 unspecified atom stereocenters. The van der Waals surface area contributed by atoms with E-state index >= 15 is 0 Å². The zero-order valence-corrected chi connectivity index (χ0v) is 8.10. The van der Waals surface area contributed by atoms with Gasteiger partial charge in [-0.05, 0) is 19.1 Å². The van der Waals surface area contributed by atoms with E-state index < -0.39 is 6.16 Å². The Morgan fingerprint density at radius 2 is 2.06 bits per heavy atom. The van der Waals surface area contributed by atoms with Gasteiger partial charge in [-0.15, -0.1) is 0 Å². The Kier molecular flexibility index (Phi) is 7.61. The van der Waals surface area contributed by atoms with Crippen LogP contribution in [0.3, 0.4) is 0 Å². The average Bonchev–Trinajstić information content (AvgIpc) is 2.15. The Hall–Kier alpha value is -0.404. The summed E-state index contributed by atoms with van der Waals surface area (Å²) < 4.78 is 9.13. The summed E-state index contributed by atoms with van der Waals surface area (Å²) in [6.07, 6.45) is -0.976. The molecule has 0 atom stereocenters. The van der Waals surface area contributed by atoms with Crippen molar-refractivity contribution in [1.29, 1.82) is 0 Å². The first-order chi connectivity index (χ1) is 7.08. The van der Waals surface area contributed by atoms with Crippen LogP contribution < -0.4 is 4.74 Å². The molecule has 0 radical (unpaired) electrons. The number of hydrogen-bond acceptors (Lipinski definition) is 5. The zero-order valence-electron chi connectivity index (χ0n) is 8.10. The molecule has 16 heavy (non-hydrogen) atoms. The van der Waals surface area contributed by atoms with E-state index in [1.54, 1.807) is 0 Å². The fraction of sp³-hybridized carbons (Fsp3) is 0.200. The number of benzene rings is 1. The molecule has 0 bridgehead atoms. The first kappa shape index (κ1) is 15.6. The third-order valence-electron chi connectivity index (χ3n) is 1.41. The molecule has 6 heteroatoms. The van der Waals surface area contributed by atoms with Crippen molar-refractivity contribution in [2.75, 3.05) is 6.61 Å². The minimum atomic E-state index is -0.976. The van der Waals surface area contributed by atoms with E-state index in [4.69, 9.17) is 5.11 Å². The van der Waals surface area contributed by atoms with Crippen molar-refractivity contribution < 1.29 is 24.2 Å². The number of rotatable bonds is 3. The van der Waals surface area contributed by atoms with Gasteiger partial charge < -0.3 is 14.6 Å². The number of Topliss-reactive ketones (excluding diaryl/α,β-unsaturated/α-hetero) is 1. The molecule has 0 heterocycles. The van der Waals surface area contributed by atoms with Gasteiger partial charge in [-0.25, -0.2) is 4.79 Å². The van der Waals surface area contributed by atoms with Crippen molar-refractivity contribution in [3.05, 3.63) is 24.3 Å². The molecule has 1 N–H and O–H groups in total. The zero-order chi connectivity index (χ0) is 11.3. The second kappa shape index (κ2) is 7.80. The van der Waals surface area contributed by atoms with Gasteiger partial charge in [0.15, 0.2) is 12.4 Å². The van der Waals surface area contributed by atoms with Crippen LogP contribution in [0.5, 0.6) is 11.5 Å². The van der Waals surface area contributed by atoms with Gasteiger partial charge in [-0.1, -0.05) is 6.07 Å². The molecule has 5 nitrogen and oxygen atoms in total. The van der Waals surface area contributed by atoms with Gasteiger partial charge in [0.25, 0.3) is 0 Å². The van der Waals surface area contributed by atoms with Crippen LogP contribution in [0.2, 0.25) is 0 Å².